The molecule has 1 fully saturated rings. The Morgan fingerprint density at radius 2 is 2.67 bits per heavy atom. The molecule has 0 amide bonds. The molecule has 2 nitrogen and oxygen atoms in total. The highest BCUT2D eigenvalue weighted by Gasteiger charge is 2.12. The molecule has 0 saturated carbocycles. The van der Waals surface area contributed by atoms with Gasteiger partial charge in [-0.2, -0.15) is 0 Å². The molecule has 0 radical (unpaired) electrons. The van der Waals surface area contributed by atoms with E-state index in [0.29, 0.717) is 6.04 Å². The predicted octanol–water partition coefficient (Wildman–Crippen LogP) is 1.20. The van der Waals surface area contributed by atoms with Gasteiger partial charge in [-0.3, -0.25) is 0 Å². The molecule has 2 heterocycles. The minimum absolute atomic E-state index is 0.687. The quantitative estimate of drug-likeness (QED) is 0.734. The van der Waals surface area contributed by atoms with Gasteiger partial charge in [-0.1, -0.05) is 6.07 Å². The fourth-order valence-corrected chi connectivity index (χ4v) is 2.14. The fourth-order valence-electron chi connectivity index (χ4n) is 1.49. The van der Waals surface area contributed by atoms with E-state index < -0.39 is 0 Å². The highest BCUT2D eigenvalue weighted by Crippen LogP contribution is 2.08. The van der Waals surface area contributed by atoms with Gasteiger partial charge in [0.15, 0.2) is 0 Å². The zero-order chi connectivity index (χ0) is 8.23. The largest absolute Gasteiger partial charge is 0.315 e. The van der Waals surface area contributed by atoms with E-state index in [4.69, 9.17) is 0 Å². The Labute approximate surface area is 77.0 Å². The molecular weight excluding hydrogens is 168 g/mol. The van der Waals surface area contributed by atoms with Gasteiger partial charge in [0.2, 0.25) is 0 Å². The Balaban J connectivity index is 1.74. The molecule has 1 aromatic heterocycles. The normalized spacial score (nSPS) is 23.2. The molecule has 1 aromatic rings. The predicted molar refractivity (Wildman–Crippen MR) is 52.4 cm³/mol. The molecule has 2 rings (SSSR count). The summed E-state index contributed by atoms with van der Waals surface area (Å²) in [4.78, 5) is 1.43. The van der Waals surface area contributed by atoms with E-state index in [9.17, 15) is 0 Å². The summed E-state index contributed by atoms with van der Waals surface area (Å²) < 4.78 is 0. The summed E-state index contributed by atoms with van der Waals surface area (Å²) >= 11 is 1.82. The molecule has 1 saturated heterocycles. The molecular formula is C9H14N2S. The maximum Gasteiger partial charge on any atom is 0.0302 e. The zero-order valence-electron chi connectivity index (χ0n) is 7.05. The summed E-state index contributed by atoms with van der Waals surface area (Å²) in [5.74, 6) is 0. The Morgan fingerprint density at radius 3 is 3.33 bits per heavy atom. The Bertz CT molecular complexity index is 214. The maximum atomic E-state index is 3.53. The minimum atomic E-state index is 0.687. The first-order valence-corrected chi connectivity index (χ1v) is 5.29. The lowest BCUT2D eigenvalue weighted by Crippen LogP contribution is -2.30. The van der Waals surface area contributed by atoms with E-state index in [1.807, 2.05) is 11.3 Å². The third-order valence-corrected chi connectivity index (χ3v) is 3.08. The highest BCUT2D eigenvalue weighted by molar-refractivity contribution is 7.09. The first-order chi connectivity index (χ1) is 5.95. The summed E-state index contributed by atoms with van der Waals surface area (Å²) in [6.45, 7) is 3.33. The molecule has 0 spiro atoms. The number of thiophene rings is 1. The van der Waals surface area contributed by atoms with Crippen LogP contribution in [0.2, 0.25) is 0 Å². The van der Waals surface area contributed by atoms with E-state index in [0.717, 1.165) is 13.1 Å². The topological polar surface area (TPSA) is 24.1 Å². The van der Waals surface area contributed by atoms with Crippen LogP contribution in [0.15, 0.2) is 17.5 Å². The lowest BCUT2D eigenvalue weighted by atomic mass is 10.2. The SMILES string of the molecule is c1csc(CN[C@@H]2CCNC2)c1. The van der Waals surface area contributed by atoms with Crippen LogP contribution < -0.4 is 10.6 Å². The molecule has 66 valence electrons. The van der Waals surface area contributed by atoms with Crippen molar-refractivity contribution in [2.24, 2.45) is 0 Å². The van der Waals surface area contributed by atoms with Gasteiger partial charge in [0.1, 0.15) is 0 Å². The molecule has 0 aromatic carbocycles. The van der Waals surface area contributed by atoms with Crippen molar-refractivity contribution in [2.75, 3.05) is 13.1 Å². The summed E-state index contributed by atoms with van der Waals surface area (Å²) in [7, 11) is 0. The van der Waals surface area contributed by atoms with Gasteiger partial charge in [-0.15, -0.1) is 11.3 Å². The second-order valence-corrected chi connectivity index (χ2v) is 4.18. The van der Waals surface area contributed by atoms with Crippen molar-refractivity contribution in [3.05, 3.63) is 22.4 Å². The van der Waals surface area contributed by atoms with Crippen LogP contribution >= 0.6 is 11.3 Å². The molecule has 2 N–H and O–H groups in total. The number of hydrogen-bond acceptors (Lipinski definition) is 3. The lowest BCUT2D eigenvalue weighted by Gasteiger charge is -2.08. The van der Waals surface area contributed by atoms with Crippen LogP contribution in [0.4, 0.5) is 0 Å². The van der Waals surface area contributed by atoms with Crippen molar-refractivity contribution in [3.8, 4) is 0 Å². The molecule has 1 aliphatic heterocycles. The summed E-state index contributed by atoms with van der Waals surface area (Å²) in [5, 5.41) is 9.00. The van der Waals surface area contributed by atoms with Crippen LogP contribution in [0.1, 0.15) is 11.3 Å². The van der Waals surface area contributed by atoms with Gasteiger partial charge in [-0.25, -0.2) is 0 Å². The summed E-state index contributed by atoms with van der Waals surface area (Å²) in [6, 6.07) is 4.97. The van der Waals surface area contributed by atoms with Crippen molar-refractivity contribution < 1.29 is 0 Å². The molecule has 1 aliphatic rings. The monoisotopic (exact) mass is 182 g/mol. The van der Waals surface area contributed by atoms with Crippen LogP contribution in [0, 0.1) is 0 Å². The fraction of sp³-hybridized carbons (Fsp3) is 0.556. The molecule has 0 aliphatic carbocycles. The molecule has 3 heteroatoms. The molecule has 0 unspecified atom stereocenters. The van der Waals surface area contributed by atoms with Crippen LogP contribution in [-0.4, -0.2) is 19.1 Å². The van der Waals surface area contributed by atoms with Crippen LogP contribution in [0.3, 0.4) is 0 Å². The second-order valence-electron chi connectivity index (χ2n) is 3.15. The van der Waals surface area contributed by atoms with E-state index in [2.05, 4.69) is 28.1 Å². The maximum absolute atomic E-state index is 3.53. The third-order valence-electron chi connectivity index (χ3n) is 2.21. The zero-order valence-corrected chi connectivity index (χ0v) is 7.86. The smallest absolute Gasteiger partial charge is 0.0302 e. The molecule has 0 bridgehead atoms. The van der Waals surface area contributed by atoms with Gasteiger partial charge in [0.25, 0.3) is 0 Å². The lowest BCUT2D eigenvalue weighted by molar-refractivity contribution is 0.551. The van der Waals surface area contributed by atoms with E-state index in [1.54, 1.807) is 0 Å². The Hall–Kier alpha value is -0.380. The highest BCUT2D eigenvalue weighted by atomic mass is 32.1. The van der Waals surface area contributed by atoms with E-state index in [1.165, 1.54) is 17.8 Å². The second kappa shape index (κ2) is 4.03. The minimum Gasteiger partial charge on any atom is -0.315 e. The van der Waals surface area contributed by atoms with Crippen molar-refractivity contribution in [1.29, 1.82) is 0 Å². The van der Waals surface area contributed by atoms with Crippen molar-refractivity contribution in [1.82, 2.24) is 10.6 Å². The first-order valence-electron chi connectivity index (χ1n) is 4.41. The Morgan fingerprint density at radius 1 is 1.67 bits per heavy atom. The van der Waals surface area contributed by atoms with Crippen LogP contribution in [0.5, 0.6) is 0 Å². The number of hydrogen-bond donors (Lipinski definition) is 2. The van der Waals surface area contributed by atoms with Crippen molar-refractivity contribution >= 4 is 11.3 Å². The van der Waals surface area contributed by atoms with Crippen LogP contribution in [-0.2, 0) is 6.54 Å². The van der Waals surface area contributed by atoms with Gasteiger partial charge >= 0.3 is 0 Å². The first kappa shape index (κ1) is 8.23. The van der Waals surface area contributed by atoms with Crippen LogP contribution in [0.25, 0.3) is 0 Å². The Kier molecular flexibility index (Phi) is 2.76. The standard InChI is InChI=1S/C9H14N2S/c1-2-9(12-5-1)7-11-8-3-4-10-6-8/h1-2,5,8,10-11H,3-4,6-7H2/t8-/m1/s1. The van der Waals surface area contributed by atoms with Gasteiger partial charge < -0.3 is 10.6 Å². The van der Waals surface area contributed by atoms with E-state index in [-0.39, 0.29) is 0 Å². The summed E-state index contributed by atoms with van der Waals surface area (Å²) in [5.41, 5.74) is 0. The number of nitrogens with one attached hydrogen (secondary N) is 2. The van der Waals surface area contributed by atoms with Gasteiger partial charge in [0, 0.05) is 24.0 Å². The average Bonchev–Trinajstić information content (AvgIpc) is 2.74. The molecule has 1 atom stereocenters. The average molecular weight is 182 g/mol. The number of rotatable bonds is 3. The van der Waals surface area contributed by atoms with E-state index >= 15 is 0 Å². The summed E-state index contributed by atoms with van der Waals surface area (Å²) in [6.07, 6.45) is 1.27. The van der Waals surface area contributed by atoms with Crippen molar-refractivity contribution in [3.63, 3.8) is 0 Å². The van der Waals surface area contributed by atoms with Gasteiger partial charge in [-0.05, 0) is 24.4 Å². The third kappa shape index (κ3) is 2.06. The molecule has 12 heavy (non-hydrogen) atoms. The van der Waals surface area contributed by atoms with Crippen molar-refractivity contribution in [2.45, 2.75) is 19.0 Å². The van der Waals surface area contributed by atoms with Gasteiger partial charge in [0.05, 0.1) is 0 Å².